The topological polar surface area (TPSA) is 50.4 Å². The van der Waals surface area contributed by atoms with Gasteiger partial charge in [0.05, 0.1) is 12.8 Å². The summed E-state index contributed by atoms with van der Waals surface area (Å²) in [7, 11) is 3.58. The van der Waals surface area contributed by atoms with Crippen LogP contribution in [-0.4, -0.2) is 26.1 Å². The smallest absolute Gasteiger partial charge is 0.221 e. The van der Waals surface area contributed by atoms with Crippen molar-refractivity contribution in [3.05, 3.63) is 23.8 Å². The number of hydrogen-bond acceptors (Lipinski definition) is 3. The third-order valence-corrected chi connectivity index (χ3v) is 3.21. The first-order valence-electron chi connectivity index (χ1n) is 6.59. The summed E-state index contributed by atoms with van der Waals surface area (Å²) in [5.41, 5.74) is 1.91. The van der Waals surface area contributed by atoms with Gasteiger partial charge in [-0.05, 0) is 37.1 Å². The fourth-order valence-electron chi connectivity index (χ4n) is 2.09. The molecule has 0 aliphatic heterocycles. The molecule has 0 spiro atoms. The molecule has 1 unspecified atom stereocenters. The van der Waals surface area contributed by atoms with Gasteiger partial charge in [-0.25, -0.2) is 0 Å². The molecule has 19 heavy (non-hydrogen) atoms. The minimum Gasteiger partial charge on any atom is -0.495 e. The summed E-state index contributed by atoms with van der Waals surface area (Å²) in [4.78, 5) is 11.2. The zero-order chi connectivity index (χ0) is 14.4. The Labute approximate surface area is 115 Å². The Bertz CT molecular complexity index is 430. The number of anilines is 1. The average molecular weight is 264 g/mol. The highest BCUT2D eigenvalue weighted by atomic mass is 16.5. The molecule has 4 heteroatoms. The fraction of sp³-hybridized carbons (Fsp3) is 0.533. The molecule has 0 aliphatic carbocycles. The Morgan fingerprint density at radius 1 is 1.37 bits per heavy atom. The maximum absolute atomic E-state index is 11.2. The molecule has 1 aromatic rings. The van der Waals surface area contributed by atoms with Gasteiger partial charge in [-0.3, -0.25) is 4.79 Å². The van der Waals surface area contributed by atoms with E-state index in [0.717, 1.165) is 12.1 Å². The molecule has 1 amide bonds. The molecule has 0 saturated carbocycles. The lowest BCUT2D eigenvalue weighted by atomic mass is 9.96. The van der Waals surface area contributed by atoms with Crippen LogP contribution < -0.4 is 15.4 Å². The second kappa shape index (κ2) is 7.14. The highest BCUT2D eigenvalue weighted by molar-refractivity contribution is 5.90. The zero-order valence-electron chi connectivity index (χ0n) is 12.4. The van der Waals surface area contributed by atoms with E-state index in [1.54, 1.807) is 7.11 Å². The Morgan fingerprint density at radius 2 is 2.05 bits per heavy atom. The summed E-state index contributed by atoms with van der Waals surface area (Å²) in [6, 6.07) is 6.33. The quantitative estimate of drug-likeness (QED) is 0.829. The number of benzene rings is 1. The van der Waals surface area contributed by atoms with Crippen LogP contribution in [0, 0.1) is 5.92 Å². The summed E-state index contributed by atoms with van der Waals surface area (Å²) in [5, 5.41) is 6.12. The largest absolute Gasteiger partial charge is 0.495 e. The number of carbonyl (C=O) groups excluding carboxylic acids is 1. The van der Waals surface area contributed by atoms with Gasteiger partial charge in [0.25, 0.3) is 0 Å². The van der Waals surface area contributed by atoms with E-state index >= 15 is 0 Å². The maximum atomic E-state index is 11.2. The van der Waals surface area contributed by atoms with Crippen molar-refractivity contribution in [1.82, 2.24) is 5.32 Å². The normalized spacial score (nSPS) is 12.3. The van der Waals surface area contributed by atoms with Gasteiger partial charge in [-0.1, -0.05) is 19.9 Å². The number of nitrogens with one attached hydrogen (secondary N) is 2. The molecule has 0 heterocycles. The number of hydrogen-bond donors (Lipinski definition) is 2. The van der Waals surface area contributed by atoms with Gasteiger partial charge in [0.1, 0.15) is 5.75 Å². The van der Waals surface area contributed by atoms with Gasteiger partial charge in [0.2, 0.25) is 5.91 Å². The first kappa shape index (κ1) is 15.5. The van der Waals surface area contributed by atoms with E-state index in [1.165, 1.54) is 12.5 Å². The average Bonchev–Trinajstić information content (AvgIpc) is 2.35. The van der Waals surface area contributed by atoms with Crippen molar-refractivity contribution < 1.29 is 9.53 Å². The van der Waals surface area contributed by atoms with Crippen LogP contribution in [0.3, 0.4) is 0 Å². The van der Waals surface area contributed by atoms with E-state index in [4.69, 9.17) is 4.74 Å². The molecule has 0 bridgehead atoms. The number of rotatable bonds is 6. The Morgan fingerprint density at radius 3 is 2.53 bits per heavy atom. The Hall–Kier alpha value is -1.55. The number of amides is 1. The Balaban J connectivity index is 2.94. The predicted octanol–water partition coefficient (Wildman–Crippen LogP) is 2.44. The van der Waals surface area contributed by atoms with E-state index in [2.05, 4.69) is 24.5 Å². The van der Waals surface area contributed by atoms with Gasteiger partial charge >= 0.3 is 0 Å². The van der Waals surface area contributed by atoms with Crippen LogP contribution in [0.1, 0.15) is 26.3 Å². The monoisotopic (exact) mass is 264 g/mol. The van der Waals surface area contributed by atoms with Crippen molar-refractivity contribution in [3.8, 4) is 5.75 Å². The molecule has 0 aliphatic rings. The molecule has 0 fully saturated rings. The molecule has 1 rings (SSSR count). The van der Waals surface area contributed by atoms with Crippen molar-refractivity contribution in [2.45, 2.75) is 33.2 Å². The van der Waals surface area contributed by atoms with E-state index in [0.29, 0.717) is 17.7 Å². The van der Waals surface area contributed by atoms with Crippen molar-refractivity contribution in [2.75, 3.05) is 19.5 Å². The number of likely N-dealkylation sites (N-methyl/N-ethyl adjacent to an activating group) is 1. The van der Waals surface area contributed by atoms with Crippen LogP contribution >= 0.6 is 0 Å². The molecule has 0 saturated heterocycles. The lowest BCUT2D eigenvalue weighted by Crippen LogP contribution is -2.32. The lowest BCUT2D eigenvalue weighted by molar-refractivity contribution is -0.114. The fourth-order valence-corrected chi connectivity index (χ4v) is 2.09. The summed E-state index contributed by atoms with van der Waals surface area (Å²) in [6.07, 6.45) is 0.921. The third kappa shape index (κ3) is 4.56. The molecule has 106 valence electrons. The van der Waals surface area contributed by atoms with Crippen molar-refractivity contribution in [1.29, 1.82) is 0 Å². The van der Waals surface area contributed by atoms with Gasteiger partial charge < -0.3 is 15.4 Å². The van der Waals surface area contributed by atoms with E-state index in [9.17, 15) is 4.79 Å². The van der Waals surface area contributed by atoms with Crippen LogP contribution in [0.4, 0.5) is 5.69 Å². The highest BCUT2D eigenvalue weighted by Crippen LogP contribution is 2.26. The van der Waals surface area contributed by atoms with E-state index < -0.39 is 0 Å². The van der Waals surface area contributed by atoms with Crippen LogP contribution in [0.5, 0.6) is 5.75 Å². The third-order valence-electron chi connectivity index (χ3n) is 3.21. The van der Waals surface area contributed by atoms with E-state index in [1.807, 2.05) is 25.2 Å². The van der Waals surface area contributed by atoms with E-state index in [-0.39, 0.29) is 5.91 Å². The Kier molecular flexibility index (Phi) is 5.83. The molecule has 4 nitrogen and oxygen atoms in total. The summed E-state index contributed by atoms with van der Waals surface area (Å²) in [6.45, 7) is 5.88. The lowest BCUT2D eigenvalue weighted by Gasteiger charge is -2.21. The van der Waals surface area contributed by atoms with Crippen LogP contribution in [-0.2, 0) is 11.2 Å². The molecular weight excluding hydrogens is 240 g/mol. The molecule has 1 atom stereocenters. The standard InChI is InChI=1S/C15H24N2O2/c1-10(2)13(16-4)8-12-6-7-15(19-5)14(9-12)17-11(3)18/h6-7,9-10,13,16H,8H2,1-5H3,(H,17,18). The summed E-state index contributed by atoms with van der Waals surface area (Å²) < 4.78 is 5.25. The first-order chi connectivity index (χ1) is 8.97. The number of carbonyl (C=O) groups is 1. The van der Waals surface area contributed by atoms with Crippen LogP contribution in [0.25, 0.3) is 0 Å². The van der Waals surface area contributed by atoms with Crippen LogP contribution in [0.2, 0.25) is 0 Å². The maximum Gasteiger partial charge on any atom is 0.221 e. The second-order valence-corrected chi connectivity index (χ2v) is 5.06. The van der Waals surface area contributed by atoms with Gasteiger partial charge in [0.15, 0.2) is 0 Å². The molecule has 2 N–H and O–H groups in total. The van der Waals surface area contributed by atoms with Gasteiger partial charge in [0, 0.05) is 13.0 Å². The molecular formula is C15H24N2O2. The second-order valence-electron chi connectivity index (χ2n) is 5.06. The number of ether oxygens (including phenoxy) is 1. The van der Waals surface area contributed by atoms with Gasteiger partial charge in [-0.15, -0.1) is 0 Å². The predicted molar refractivity (Wildman–Crippen MR) is 78.7 cm³/mol. The first-order valence-corrected chi connectivity index (χ1v) is 6.59. The minimum absolute atomic E-state index is 0.0931. The highest BCUT2D eigenvalue weighted by Gasteiger charge is 2.13. The van der Waals surface area contributed by atoms with Crippen molar-refractivity contribution in [2.24, 2.45) is 5.92 Å². The van der Waals surface area contributed by atoms with Crippen molar-refractivity contribution >= 4 is 11.6 Å². The summed E-state index contributed by atoms with van der Waals surface area (Å²) >= 11 is 0. The SMILES string of the molecule is CNC(Cc1ccc(OC)c(NC(C)=O)c1)C(C)C. The number of methoxy groups -OCH3 is 1. The molecule has 0 aromatic heterocycles. The molecule has 0 radical (unpaired) electrons. The molecule has 1 aromatic carbocycles. The minimum atomic E-state index is -0.0931. The summed E-state index contributed by atoms with van der Waals surface area (Å²) in [5.74, 6) is 1.14. The van der Waals surface area contributed by atoms with Gasteiger partial charge in [-0.2, -0.15) is 0 Å². The van der Waals surface area contributed by atoms with Crippen LogP contribution in [0.15, 0.2) is 18.2 Å². The van der Waals surface area contributed by atoms with Crippen molar-refractivity contribution in [3.63, 3.8) is 0 Å². The zero-order valence-corrected chi connectivity index (χ0v) is 12.4.